The van der Waals surface area contributed by atoms with Crippen LogP contribution in [-0.2, 0) is 0 Å². The zero-order valence-electron chi connectivity index (χ0n) is 18.9. The molecule has 0 radical (unpaired) electrons. The Labute approximate surface area is 162 Å². The number of hydrogen-bond donors (Lipinski definition) is 0. The maximum absolute atomic E-state index is 2.47. The summed E-state index contributed by atoms with van der Waals surface area (Å²) in [5, 5.41) is 0. The van der Waals surface area contributed by atoms with Crippen molar-refractivity contribution in [1.29, 1.82) is 0 Å². The summed E-state index contributed by atoms with van der Waals surface area (Å²) in [6.45, 7) is 15.4. The van der Waals surface area contributed by atoms with Crippen LogP contribution in [0.15, 0.2) is 0 Å². The van der Waals surface area contributed by atoms with Crippen LogP contribution < -0.4 is 0 Å². The largest absolute Gasteiger partial charge is 0.149 e. The Kier molecular flexibility index (Phi) is 17.5. The van der Waals surface area contributed by atoms with Gasteiger partial charge in [-0.2, -0.15) is 0 Å². The van der Waals surface area contributed by atoms with Crippen LogP contribution in [0.3, 0.4) is 0 Å². The van der Waals surface area contributed by atoms with Gasteiger partial charge in [-0.25, -0.2) is 0 Å². The minimum atomic E-state index is 0.977. The summed E-state index contributed by atoms with van der Waals surface area (Å²) in [5.41, 5.74) is 0. The Morgan fingerprint density at radius 2 is 0.720 bits per heavy atom. The molecule has 0 spiro atoms. The Hall–Kier alpha value is 0.0649. The summed E-state index contributed by atoms with van der Waals surface area (Å²) in [6.07, 6.45) is 21.5. The molecule has 0 aromatic carbocycles. The van der Waals surface area contributed by atoms with Crippen molar-refractivity contribution in [2.24, 2.45) is 0 Å². The molecule has 1 heteroatoms. The summed E-state index contributed by atoms with van der Waals surface area (Å²) in [6, 6.07) is 0. The van der Waals surface area contributed by atoms with E-state index >= 15 is 0 Å². The smallest absolute Gasteiger partial charge is 0.0658 e. The molecule has 0 fully saturated rings. The monoisotopic (exact) mass is 350 g/mol. The van der Waals surface area contributed by atoms with Gasteiger partial charge in [0.25, 0.3) is 0 Å². The van der Waals surface area contributed by atoms with Crippen molar-refractivity contribution in [3.05, 3.63) is 0 Å². The van der Waals surface area contributed by atoms with Gasteiger partial charge in [0.15, 0.2) is 0 Å². The molecule has 0 rings (SSSR count). The van der Waals surface area contributed by atoms with Crippen molar-refractivity contribution in [1.82, 2.24) is 0 Å². The van der Waals surface area contributed by atoms with E-state index in [1.807, 2.05) is 0 Å². The molecule has 0 bridgehead atoms. The van der Waals surface area contributed by atoms with Crippen molar-refractivity contribution < 1.29 is 0 Å². The Morgan fingerprint density at radius 1 is 0.440 bits per heavy atom. The lowest BCUT2D eigenvalue weighted by Crippen LogP contribution is -2.32. The molecule has 0 aromatic heterocycles. The third-order valence-corrected chi connectivity index (χ3v) is 6.74. The van der Waals surface area contributed by atoms with Crippen LogP contribution in [0, 0.1) is 0 Å². The molecule has 0 aromatic rings. The van der Waals surface area contributed by atoms with E-state index in [1.54, 1.807) is 0 Å². The lowest BCUT2D eigenvalue weighted by molar-refractivity contribution is 0.539. The van der Waals surface area contributed by atoms with E-state index in [0.29, 0.717) is 0 Å². The van der Waals surface area contributed by atoms with Gasteiger partial charge in [0.05, 0.1) is 0 Å². The molecular formula is C24H51B. The van der Waals surface area contributed by atoms with Gasteiger partial charge in [0.2, 0.25) is 0 Å². The normalized spacial score (nSPS) is 15.1. The molecule has 0 amide bonds. The standard InChI is InChI=1S/C24H51B/c1-7-13-16-19-22(10-4)25(23(11-5)20-17-14-8-2)24(12-6)21-18-15-9-3/h22-24H,7-21H2,1-6H3. The van der Waals surface area contributed by atoms with E-state index < -0.39 is 0 Å². The van der Waals surface area contributed by atoms with Crippen LogP contribution in [0.4, 0.5) is 0 Å². The highest BCUT2D eigenvalue weighted by Gasteiger charge is 2.35. The predicted octanol–water partition coefficient (Wildman–Crippen LogP) is 9.56. The first-order chi connectivity index (χ1) is 12.2. The summed E-state index contributed by atoms with van der Waals surface area (Å²) < 4.78 is 0. The fraction of sp³-hybridized carbons (Fsp3) is 1.00. The lowest BCUT2D eigenvalue weighted by atomic mass is 9.25. The minimum absolute atomic E-state index is 0.977. The van der Waals surface area contributed by atoms with Gasteiger partial charge in [-0.15, -0.1) is 0 Å². The first-order valence-corrected chi connectivity index (χ1v) is 12.2. The zero-order chi connectivity index (χ0) is 18.9. The molecule has 0 aliphatic carbocycles. The topological polar surface area (TPSA) is 0 Å². The molecule has 0 aliphatic heterocycles. The van der Waals surface area contributed by atoms with Crippen LogP contribution in [0.5, 0.6) is 0 Å². The average Bonchev–Trinajstić information content (AvgIpc) is 2.64. The van der Waals surface area contributed by atoms with Gasteiger partial charge in [0, 0.05) is 0 Å². The van der Waals surface area contributed by atoms with Crippen LogP contribution in [0.1, 0.15) is 138 Å². The quantitative estimate of drug-likeness (QED) is 0.170. The van der Waals surface area contributed by atoms with E-state index in [-0.39, 0.29) is 0 Å². The molecule has 0 aliphatic rings. The average molecular weight is 350 g/mol. The maximum atomic E-state index is 2.47. The highest BCUT2D eigenvalue weighted by Crippen LogP contribution is 2.43. The second-order valence-electron chi connectivity index (χ2n) is 8.57. The lowest BCUT2D eigenvalue weighted by Gasteiger charge is -2.36. The molecule has 3 atom stereocenters. The van der Waals surface area contributed by atoms with Gasteiger partial charge >= 0.3 is 0 Å². The Bertz CT molecular complexity index is 220. The summed E-state index contributed by atoms with van der Waals surface area (Å²) in [7, 11) is 0. The summed E-state index contributed by atoms with van der Waals surface area (Å²) in [5.74, 6) is 2.93. The third kappa shape index (κ3) is 10.7. The molecular weight excluding hydrogens is 299 g/mol. The molecule has 150 valence electrons. The van der Waals surface area contributed by atoms with Crippen LogP contribution >= 0.6 is 0 Å². The molecule has 0 nitrogen and oxygen atoms in total. The molecule has 25 heavy (non-hydrogen) atoms. The van der Waals surface area contributed by atoms with E-state index in [9.17, 15) is 0 Å². The van der Waals surface area contributed by atoms with Crippen LogP contribution in [0.25, 0.3) is 0 Å². The predicted molar refractivity (Wildman–Crippen MR) is 120 cm³/mol. The van der Waals surface area contributed by atoms with Crippen molar-refractivity contribution in [2.75, 3.05) is 0 Å². The Morgan fingerprint density at radius 3 is 0.920 bits per heavy atom. The van der Waals surface area contributed by atoms with Crippen molar-refractivity contribution in [3.63, 3.8) is 0 Å². The van der Waals surface area contributed by atoms with Gasteiger partial charge < -0.3 is 0 Å². The van der Waals surface area contributed by atoms with Gasteiger partial charge in [-0.05, 0) is 0 Å². The maximum Gasteiger partial charge on any atom is 0.149 e. The fourth-order valence-electron chi connectivity index (χ4n) is 5.13. The minimum Gasteiger partial charge on any atom is -0.0658 e. The number of hydrogen-bond acceptors (Lipinski definition) is 0. The molecule has 0 heterocycles. The number of rotatable bonds is 18. The molecule has 0 saturated heterocycles. The van der Waals surface area contributed by atoms with Crippen molar-refractivity contribution in [2.45, 2.75) is 155 Å². The second-order valence-corrected chi connectivity index (χ2v) is 8.57. The molecule has 0 saturated carbocycles. The van der Waals surface area contributed by atoms with Crippen LogP contribution in [-0.4, -0.2) is 6.71 Å². The van der Waals surface area contributed by atoms with E-state index in [1.165, 1.54) is 96.3 Å². The zero-order valence-corrected chi connectivity index (χ0v) is 18.9. The van der Waals surface area contributed by atoms with Crippen LogP contribution in [0.2, 0.25) is 17.5 Å². The molecule has 0 N–H and O–H groups in total. The SMILES string of the molecule is CCCCCC(CC)B(C(CC)CCCCC)C(CC)CCCCC. The summed E-state index contributed by atoms with van der Waals surface area (Å²) in [4.78, 5) is 0. The number of unbranched alkanes of at least 4 members (excludes halogenated alkanes) is 6. The van der Waals surface area contributed by atoms with Gasteiger partial charge in [-0.1, -0.05) is 155 Å². The second kappa shape index (κ2) is 17.5. The summed E-state index contributed by atoms with van der Waals surface area (Å²) >= 11 is 0. The highest BCUT2D eigenvalue weighted by atomic mass is 14.2. The first-order valence-electron chi connectivity index (χ1n) is 12.2. The third-order valence-electron chi connectivity index (χ3n) is 6.74. The fourth-order valence-corrected chi connectivity index (χ4v) is 5.13. The first kappa shape index (κ1) is 25.1. The highest BCUT2D eigenvalue weighted by molar-refractivity contribution is 6.63. The van der Waals surface area contributed by atoms with E-state index in [0.717, 1.165) is 24.2 Å². The van der Waals surface area contributed by atoms with Crippen molar-refractivity contribution >= 4 is 6.71 Å². The van der Waals surface area contributed by atoms with E-state index in [4.69, 9.17) is 0 Å². The van der Waals surface area contributed by atoms with Crippen molar-refractivity contribution in [3.8, 4) is 0 Å². The molecule has 3 unspecified atom stereocenters. The van der Waals surface area contributed by atoms with E-state index in [2.05, 4.69) is 41.5 Å². The van der Waals surface area contributed by atoms with Gasteiger partial charge in [-0.3, -0.25) is 0 Å². The van der Waals surface area contributed by atoms with Gasteiger partial charge in [0.1, 0.15) is 6.71 Å². The Balaban J connectivity index is 5.11.